The van der Waals surface area contributed by atoms with Gasteiger partial charge in [0.1, 0.15) is 0 Å². The van der Waals surface area contributed by atoms with E-state index in [2.05, 4.69) is 0 Å². The minimum absolute atomic E-state index is 0.0238. The highest BCUT2D eigenvalue weighted by Gasteiger charge is 2.25. The Bertz CT molecular complexity index is 156. The van der Waals surface area contributed by atoms with Gasteiger partial charge in [0.2, 0.25) is 0 Å². The fourth-order valence-electron chi connectivity index (χ4n) is 1.02. The average Bonchev–Trinajstić information content (AvgIpc) is 1.99. The number of hydrogen-bond acceptors (Lipinski definition) is 3. The number of aliphatic hydroxyl groups is 1. The Hall–Kier alpha value is -0.610. The highest BCUT2D eigenvalue weighted by molar-refractivity contribution is 5.69. The topological polar surface area (TPSA) is 60.8 Å². The Morgan fingerprint density at radius 2 is 2.00 bits per heavy atom. The number of aliphatic carboxylic acids is 1. The van der Waals surface area contributed by atoms with E-state index in [-0.39, 0.29) is 13.2 Å². The van der Waals surface area contributed by atoms with Crippen molar-refractivity contribution in [3.63, 3.8) is 0 Å². The van der Waals surface area contributed by atoms with Gasteiger partial charge in [-0.1, -0.05) is 6.92 Å². The molecule has 0 saturated heterocycles. The van der Waals surface area contributed by atoms with Gasteiger partial charge in [-0.15, -0.1) is 0 Å². The van der Waals surface area contributed by atoms with E-state index < -0.39 is 11.5 Å². The third-order valence-electron chi connectivity index (χ3n) is 1.95. The molecule has 0 aliphatic rings. The molecule has 4 nitrogen and oxygen atoms in total. The number of likely N-dealkylation sites (N-methyl/N-ethyl adjacent to an activating group) is 1. The normalized spacial score (nSPS) is 12.1. The van der Waals surface area contributed by atoms with Gasteiger partial charge < -0.3 is 10.2 Å². The van der Waals surface area contributed by atoms with Crippen molar-refractivity contribution in [2.75, 3.05) is 19.7 Å². The maximum atomic E-state index is 10.4. The van der Waals surface area contributed by atoms with Crippen molar-refractivity contribution in [1.82, 2.24) is 4.90 Å². The molecule has 0 aliphatic heterocycles. The fraction of sp³-hybridized carbons (Fsp3) is 0.875. The van der Waals surface area contributed by atoms with Crippen LogP contribution < -0.4 is 0 Å². The van der Waals surface area contributed by atoms with Crippen LogP contribution in [-0.4, -0.2) is 46.3 Å². The molecule has 0 saturated carbocycles. The zero-order chi connectivity index (χ0) is 9.78. The maximum Gasteiger partial charge on any atom is 0.317 e. The second kappa shape index (κ2) is 4.42. The van der Waals surface area contributed by atoms with Crippen LogP contribution in [-0.2, 0) is 4.79 Å². The highest BCUT2D eigenvalue weighted by atomic mass is 16.4. The monoisotopic (exact) mass is 175 g/mol. The molecular weight excluding hydrogens is 158 g/mol. The molecule has 0 rings (SSSR count). The molecule has 0 aromatic carbocycles. The Labute approximate surface area is 72.8 Å². The maximum absolute atomic E-state index is 10.4. The van der Waals surface area contributed by atoms with Gasteiger partial charge in [-0.25, -0.2) is 0 Å². The zero-order valence-corrected chi connectivity index (χ0v) is 7.87. The molecule has 0 amide bonds. The second-order valence-corrected chi connectivity index (χ2v) is 3.38. The van der Waals surface area contributed by atoms with Crippen LogP contribution in [0.5, 0.6) is 0 Å². The second-order valence-electron chi connectivity index (χ2n) is 3.38. The molecule has 72 valence electrons. The number of carboxylic acid groups (broad SMARTS) is 1. The van der Waals surface area contributed by atoms with Crippen LogP contribution in [0.15, 0.2) is 0 Å². The van der Waals surface area contributed by atoms with Gasteiger partial charge in [0.25, 0.3) is 0 Å². The van der Waals surface area contributed by atoms with Gasteiger partial charge in [-0.3, -0.25) is 9.69 Å². The van der Waals surface area contributed by atoms with Gasteiger partial charge in [0.05, 0.1) is 13.2 Å². The summed E-state index contributed by atoms with van der Waals surface area (Å²) in [4.78, 5) is 12.1. The van der Waals surface area contributed by atoms with Crippen LogP contribution in [0, 0.1) is 0 Å². The molecule has 0 heterocycles. The molecule has 0 unspecified atom stereocenters. The first-order chi connectivity index (χ1) is 5.44. The van der Waals surface area contributed by atoms with Crippen LogP contribution in [0.4, 0.5) is 0 Å². The van der Waals surface area contributed by atoms with Gasteiger partial charge in [-0.05, 0) is 20.4 Å². The van der Waals surface area contributed by atoms with E-state index in [1.165, 1.54) is 0 Å². The molecule has 0 spiro atoms. The number of nitrogens with zero attached hydrogens (tertiary/aromatic N) is 1. The molecule has 0 aromatic rings. The van der Waals surface area contributed by atoms with Crippen LogP contribution in [0.2, 0.25) is 0 Å². The summed E-state index contributed by atoms with van der Waals surface area (Å²) in [6, 6.07) is 0. The molecule has 0 radical (unpaired) electrons. The predicted octanol–water partition coefficient (Wildman–Crippen LogP) is 0.164. The molecule has 0 fully saturated rings. The lowest BCUT2D eigenvalue weighted by atomic mass is 10.0. The lowest BCUT2D eigenvalue weighted by molar-refractivity contribution is -0.140. The molecule has 12 heavy (non-hydrogen) atoms. The van der Waals surface area contributed by atoms with Crippen molar-refractivity contribution >= 4 is 5.97 Å². The fourth-order valence-corrected chi connectivity index (χ4v) is 1.02. The molecule has 0 aliphatic carbocycles. The Balaban J connectivity index is 4.23. The Kier molecular flexibility index (Phi) is 4.20. The van der Waals surface area contributed by atoms with Crippen molar-refractivity contribution in [1.29, 1.82) is 0 Å². The summed E-state index contributed by atoms with van der Waals surface area (Å²) in [5, 5.41) is 17.5. The van der Waals surface area contributed by atoms with E-state index in [4.69, 9.17) is 10.2 Å². The minimum atomic E-state index is -0.863. The number of carboxylic acids is 1. The first-order valence-electron chi connectivity index (χ1n) is 4.01. The van der Waals surface area contributed by atoms with Crippen LogP contribution in [0.3, 0.4) is 0 Å². The largest absolute Gasteiger partial charge is 0.480 e. The summed E-state index contributed by atoms with van der Waals surface area (Å²) in [6.45, 7) is 6.08. The van der Waals surface area contributed by atoms with E-state index in [0.717, 1.165) is 0 Å². The van der Waals surface area contributed by atoms with E-state index in [0.29, 0.717) is 6.54 Å². The summed E-state index contributed by atoms with van der Waals surface area (Å²) < 4.78 is 0. The van der Waals surface area contributed by atoms with Crippen LogP contribution in [0.1, 0.15) is 20.8 Å². The minimum Gasteiger partial charge on any atom is -0.480 e. The average molecular weight is 175 g/mol. The van der Waals surface area contributed by atoms with Gasteiger partial charge in [-0.2, -0.15) is 0 Å². The van der Waals surface area contributed by atoms with Crippen molar-refractivity contribution in [3.05, 3.63) is 0 Å². The smallest absolute Gasteiger partial charge is 0.317 e. The highest BCUT2D eigenvalue weighted by Crippen LogP contribution is 2.11. The standard InChI is InChI=1S/C8H17NO3/c1-4-9(5-7(11)12)8(2,3)6-10/h10H,4-6H2,1-3H3,(H,11,12). The lowest BCUT2D eigenvalue weighted by Crippen LogP contribution is -2.48. The molecule has 4 heteroatoms. The van der Waals surface area contributed by atoms with Gasteiger partial charge in [0.15, 0.2) is 0 Å². The van der Waals surface area contributed by atoms with E-state index in [1.807, 2.05) is 20.8 Å². The number of aliphatic hydroxyl groups excluding tert-OH is 1. The first-order valence-corrected chi connectivity index (χ1v) is 4.01. The Morgan fingerprint density at radius 1 is 1.50 bits per heavy atom. The van der Waals surface area contributed by atoms with Crippen molar-refractivity contribution in [2.45, 2.75) is 26.3 Å². The van der Waals surface area contributed by atoms with Crippen molar-refractivity contribution in [2.24, 2.45) is 0 Å². The third kappa shape index (κ3) is 3.19. The molecular formula is C8H17NO3. The molecule has 2 N–H and O–H groups in total. The third-order valence-corrected chi connectivity index (χ3v) is 1.95. The number of hydrogen-bond donors (Lipinski definition) is 2. The van der Waals surface area contributed by atoms with Crippen LogP contribution >= 0.6 is 0 Å². The summed E-state index contributed by atoms with van der Waals surface area (Å²) in [6.07, 6.45) is 0. The lowest BCUT2D eigenvalue weighted by Gasteiger charge is -2.34. The van der Waals surface area contributed by atoms with E-state index >= 15 is 0 Å². The number of rotatable bonds is 5. The molecule has 0 bridgehead atoms. The van der Waals surface area contributed by atoms with Gasteiger partial charge >= 0.3 is 5.97 Å². The summed E-state index contributed by atoms with van der Waals surface area (Å²) in [5.41, 5.74) is -0.451. The summed E-state index contributed by atoms with van der Waals surface area (Å²) >= 11 is 0. The first kappa shape index (κ1) is 11.4. The summed E-state index contributed by atoms with van der Waals surface area (Å²) in [5.74, 6) is -0.863. The predicted molar refractivity (Wildman–Crippen MR) is 46.0 cm³/mol. The molecule has 0 atom stereocenters. The van der Waals surface area contributed by atoms with Crippen LogP contribution in [0.25, 0.3) is 0 Å². The number of carbonyl (C=O) groups is 1. The van der Waals surface area contributed by atoms with E-state index in [9.17, 15) is 4.79 Å². The zero-order valence-electron chi connectivity index (χ0n) is 7.87. The SMILES string of the molecule is CCN(CC(=O)O)C(C)(C)CO. The quantitative estimate of drug-likeness (QED) is 0.625. The van der Waals surface area contributed by atoms with Crippen molar-refractivity contribution in [3.8, 4) is 0 Å². The van der Waals surface area contributed by atoms with Crippen molar-refractivity contribution < 1.29 is 15.0 Å². The van der Waals surface area contributed by atoms with E-state index in [1.54, 1.807) is 4.90 Å². The Morgan fingerprint density at radius 3 is 2.25 bits per heavy atom. The summed E-state index contributed by atoms with van der Waals surface area (Å²) in [7, 11) is 0. The molecule has 0 aromatic heterocycles. The van der Waals surface area contributed by atoms with Gasteiger partial charge in [0, 0.05) is 5.54 Å².